The second-order valence-corrected chi connectivity index (χ2v) is 4.90. The molecule has 0 unspecified atom stereocenters. The zero-order chi connectivity index (χ0) is 11.5. The molecule has 1 aromatic rings. The number of hydrogen-bond donors (Lipinski definition) is 0. The summed E-state index contributed by atoms with van der Waals surface area (Å²) >= 11 is 0. The van der Waals surface area contributed by atoms with E-state index in [1.165, 1.54) is 7.11 Å². The monoisotopic (exact) mass is 224 g/mol. The number of ether oxygens (including phenoxy) is 1. The normalized spacial score (nSPS) is 10.3. The number of methoxy groups -OCH3 is 1. The molecule has 0 saturated heterocycles. The summed E-state index contributed by atoms with van der Waals surface area (Å²) in [5.41, 5.74) is 1.51. The minimum Gasteiger partial charge on any atom is -0.495 e. The lowest BCUT2D eigenvalue weighted by Gasteiger charge is -2.04. The minimum atomic E-state index is -3.28. The van der Waals surface area contributed by atoms with Crippen molar-refractivity contribution >= 4 is 9.84 Å². The Morgan fingerprint density at radius 2 is 2.00 bits per heavy atom. The van der Waals surface area contributed by atoms with Crippen LogP contribution >= 0.6 is 0 Å². The minimum absolute atomic E-state index is 0.589. The van der Waals surface area contributed by atoms with Crippen LogP contribution in [0.3, 0.4) is 0 Å². The predicted molar refractivity (Wildman–Crippen MR) is 59.5 cm³/mol. The van der Waals surface area contributed by atoms with Crippen molar-refractivity contribution in [1.82, 2.24) is 0 Å². The van der Waals surface area contributed by atoms with Crippen molar-refractivity contribution < 1.29 is 13.2 Å². The van der Waals surface area contributed by atoms with E-state index in [1.54, 1.807) is 6.07 Å². The first-order valence-corrected chi connectivity index (χ1v) is 6.19. The van der Waals surface area contributed by atoms with E-state index in [-0.39, 0.29) is 0 Å². The summed E-state index contributed by atoms with van der Waals surface area (Å²) in [6, 6.07) is 5.44. The van der Waals surface area contributed by atoms with Gasteiger partial charge < -0.3 is 4.74 Å². The van der Waals surface area contributed by atoms with E-state index in [0.717, 1.165) is 11.8 Å². The van der Waals surface area contributed by atoms with Gasteiger partial charge in [-0.05, 0) is 24.5 Å². The van der Waals surface area contributed by atoms with Crippen LogP contribution in [0.4, 0.5) is 0 Å². The number of sulfone groups is 1. The standard InChI is InChI=1S/C11H12O3S/c1-9-5-4-6-11(14-2)10(9)7-8-15(3,12)13/h4-6H,1-3H3. The highest BCUT2D eigenvalue weighted by molar-refractivity contribution is 7.95. The summed E-state index contributed by atoms with van der Waals surface area (Å²) < 4.78 is 26.9. The molecule has 0 aliphatic carbocycles. The Labute approximate surface area is 90.0 Å². The van der Waals surface area contributed by atoms with Crippen LogP contribution < -0.4 is 4.74 Å². The number of aryl methyl sites for hydroxylation is 1. The summed E-state index contributed by atoms with van der Waals surface area (Å²) in [7, 11) is -1.75. The smallest absolute Gasteiger partial charge is 0.214 e. The Morgan fingerprint density at radius 1 is 1.33 bits per heavy atom. The molecule has 0 spiro atoms. The first kappa shape index (κ1) is 11.6. The molecule has 0 heterocycles. The molecule has 0 radical (unpaired) electrons. The third-order valence-electron chi connectivity index (χ3n) is 1.82. The van der Waals surface area contributed by atoms with Crippen molar-refractivity contribution in [2.24, 2.45) is 0 Å². The second-order valence-electron chi connectivity index (χ2n) is 3.15. The van der Waals surface area contributed by atoms with Crippen molar-refractivity contribution in [3.63, 3.8) is 0 Å². The van der Waals surface area contributed by atoms with Crippen molar-refractivity contribution in [2.45, 2.75) is 6.92 Å². The molecular formula is C11H12O3S. The molecule has 80 valence electrons. The molecule has 0 N–H and O–H groups in total. The largest absolute Gasteiger partial charge is 0.495 e. The molecule has 0 atom stereocenters. The topological polar surface area (TPSA) is 43.4 Å². The summed E-state index contributed by atoms with van der Waals surface area (Å²) in [6.07, 6.45) is 1.07. The van der Waals surface area contributed by atoms with Gasteiger partial charge in [0.2, 0.25) is 9.84 Å². The lowest BCUT2D eigenvalue weighted by molar-refractivity contribution is 0.413. The van der Waals surface area contributed by atoms with Crippen molar-refractivity contribution in [1.29, 1.82) is 0 Å². The van der Waals surface area contributed by atoms with Gasteiger partial charge >= 0.3 is 0 Å². The molecule has 0 saturated carbocycles. The van der Waals surface area contributed by atoms with Gasteiger partial charge in [0.1, 0.15) is 5.75 Å². The first-order chi connectivity index (χ1) is 6.94. The zero-order valence-electron chi connectivity index (χ0n) is 8.87. The fourth-order valence-corrected chi connectivity index (χ4v) is 1.40. The highest BCUT2D eigenvalue weighted by Crippen LogP contribution is 2.20. The molecule has 0 aromatic heterocycles. The zero-order valence-corrected chi connectivity index (χ0v) is 9.68. The SMILES string of the molecule is COc1cccc(C)c1C#CS(C)(=O)=O. The lowest BCUT2D eigenvalue weighted by atomic mass is 10.1. The highest BCUT2D eigenvalue weighted by atomic mass is 32.2. The van der Waals surface area contributed by atoms with Gasteiger partial charge in [-0.25, -0.2) is 8.42 Å². The van der Waals surface area contributed by atoms with Gasteiger partial charge in [-0.15, -0.1) is 0 Å². The predicted octanol–water partition coefficient (Wildman–Crippen LogP) is 1.36. The summed E-state index contributed by atoms with van der Waals surface area (Å²) in [5.74, 6) is 3.20. The maximum atomic E-state index is 10.9. The Hall–Kier alpha value is -1.47. The lowest BCUT2D eigenvalue weighted by Crippen LogP contribution is -1.93. The van der Waals surface area contributed by atoms with E-state index in [2.05, 4.69) is 11.2 Å². The summed E-state index contributed by atoms with van der Waals surface area (Å²) in [5, 5.41) is 2.20. The van der Waals surface area contributed by atoms with E-state index >= 15 is 0 Å². The molecule has 1 aromatic carbocycles. The van der Waals surface area contributed by atoms with Crippen molar-refractivity contribution in [3.05, 3.63) is 29.3 Å². The second kappa shape index (κ2) is 4.37. The number of rotatable bonds is 1. The molecule has 0 amide bonds. The van der Waals surface area contributed by atoms with Crippen LogP contribution in [0.5, 0.6) is 5.75 Å². The molecule has 0 aliphatic rings. The third kappa shape index (κ3) is 3.30. The fraction of sp³-hybridized carbons (Fsp3) is 0.273. The molecule has 4 heteroatoms. The van der Waals surface area contributed by atoms with Crippen LogP contribution in [0.25, 0.3) is 0 Å². The summed E-state index contributed by atoms with van der Waals surface area (Å²) in [6.45, 7) is 1.86. The molecule has 3 nitrogen and oxygen atoms in total. The number of hydrogen-bond acceptors (Lipinski definition) is 3. The Kier molecular flexibility index (Phi) is 3.38. The van der Waals surface area contributed by atoms with E-state index in [4.69, 9.17) is 4.74 Å². The fourth-order valence-electron chi connectivity index (χ4n) is 1.11. The molecule has 0 bridgehead atoms. The van der Waals surface area contributed by atoms with E-state index in [9.17, 15) is 8.42 Å². The van der Waals surface area contributed by atoms with E-state index in [1.807, 2.05) is 19.1 Å². The molecule has 0 aliphatic heterocycles. The first-order valence-electron chi connectivity index (χ1n) is 4.30. The van der Waals surface area contributed by atoms with Crippen molar-refractivity contribution in [2.75, 3.05) is 13.4 Å². The van der Waals surface area contributed by atoms with E-state index < -0.39 is 9.84 Å². The Bertz CT molecular complexity index is 518. The highest BCUT2D eigenvalue weighted by Gasteiger charge is 2.03. The average Bonchev–Trinajstić information content (AvgIpc) is 2.14. The van der Waals surface area contributed by atoms with Crippen LogP contribution in [0.2, 0.25) is 0 Å². The van der Waals surface area contributed by atoms with Gasteiger partial charge in [-0.3, -0.25) is 0 Å². The van der Waals surface area contributed by atoms with Crippen LogP contribution in [0.1, 0.15) is 11.1 Å². The number of benzene rings is 1. The van der Waals surface area contributed by atoms with Gasteiger partial charge in [0, 0.05) is 5.25 Å². The average molecular weight is 224 g/mol. The molecule has 1 rings (SSSR count). The quantitative estimate of drug-likeness (QED) is 0.676. The third-order valence-corrected chi connectivity index (χ3v) is 2.29. The molecular weight excluding hydrogens is 212 g/mol. The maximum absolute atomic E-state index is 10.9. The summed E-state index contributed by atoms with van der Waals surface area (Å²) in [4.78, 5) is 0. The van der Waals surface area contributed by atoms with Crippen LogP contribution in [-0.2, 0) is 9.84 Å². The molecule has 15 heavy (non-hydrogen) atoms. The van der Waals surface area contributed by atoms with Gasteiger partial charge in [-0.1, -0.05) is 12.1 Å². The van der Waals surface area contributed by atoms with Crippen LogP contribution in [-0.4, -0.2) is 21.8 Å². The van der Waals surface area contributed by atoms with Gasteiger partial charge in [-0.2, -0.15) is 0 Å². The van der Waals surface area contributed by atoms with Gasteiger partial charge in [0.05, 0.1) is 18.9 Å². The van der Waals surface area contributed by atoms with Crippen molar-refractivity contribution in [3.8, 4) is 16.9 Å². The Morgan fingerprint density at radius 3 is 2.53 bits per heavy atom. The Balaban J connectivity index is 3.29. The van der Waals surface area contributed by atoms with Crippen LogP contribution in [0.15, 0.2) is 18.2 Å². The van der Waals surface area contributed by atoms with Crippen LogP contribution in [0, 0.1) is 18.1 Å². The van der Waals surface area contributed by atoms with E-state index in [0.29, 0.717) is 11.3 Å². The van der Waals surface area contributed by atoms with Gasteiger partial charge in [0.25, 0.3) is 0 Å². The maximum Gasteiger partial charge on any atom is 0.214 e. The molecule has 0 fully saturated rings. The van der Waals surface area contributed by atoms with Gasteiger partial charge in [0.15, 0.2) is 0 Å².